The van der Waals surface area contributed by atoms with E-state index in [1.54, 1.807) is 6.20 Å². The van der Waals surface area contributed by atoms with Crippen molar-refractivity contribution < 1.29 is 13.2 Å². The number of rotatable bonds is 4. The van der Waals surface area contributed by atoms with E-state index in [1.165, 1.54) is 20.0 Å². The van der Waals surface area contributed by atoms with Crippen molar-refractivity contribution >= 4 is 15.6 Å². The third kappa shape index (κ3) is 2.44. The van der Waals surface area contributed by atoms with E-state index in [2.05, 4.69) is 9.97 Å². The Morgan fingerprint density at radius 3 is 2.53 bits per heavy atom. The van der Waals surface area contributed by atoms with Crippen molar-refractivity contribution in [1.29, 1.82) is 0 Å². The fraction of sp³-hybridized carbons (Fsp3) is 0.556. The molecule has 1 rings (SSSR count). The van der Waals surface area contributed by atoms with E-state index in [0.717, 1.165) is 6.26 Å². The lowest BCUT2D eigenvalue weighted by molar-refractivity contribution is -0.120. The summed E-state index contributed by atoms with van der Waals surface area (Å²) in [6, 6.07) is 0. The Morgan fingerprint density at radius 2 is 2.13 bits per heavy atom. The maximum absolute atomic E-state index is 11.7. The topological polar surface area (TPSA) is 79.9 Å². The van der Waals surface area contributed by atoms with Crippen molar-refractivity contribution in [3.8, 4) is 0 Å². The molecule has 0 fully saturated rings. The standard InChI is InChI=1S/C9H14N2O3S/c1-9(2,15(3,13)14)7(12)6-8-10-4-5-11-8/h4-5H,6H2,1-3H3,(H,10,11). The minimum atomic E-state index is -3.40. The molecule has 0 bridgehead atoms. The number of imidazole rings is 1. The maximum atomic E-state index is 11.7. The zero-order valence-corrected chi connectivity index (χ0v) is 9.76. The molecular formula is C9H14N2O3S. The van der Waals surface area contributed by atoms with Crippen LogP contribution >= 0.6 is 0 Å². The van der Waals surface area contributed by atoms with Crippen molar-refractivity contribution in [1.82, 2.24) is 9.97 Å². The molecule has 0 unspecified atom stereocenters. The Morgan fingerprint density at radius 1 is 1.53 bits per heavy atom. The second-order valence-corrected chi connectivity index (χ2v) is 6.48. The fourth-order valence-corrected chi connectivity index (χ4v) is 1.45. The van der Waals surface area contributed by atoms with Crippen LogP contribution in [0.15, 0.2) is 12.4 Å². The quantitative estimate of drug-likeness (QED) is 0.809. The molecule has 1 aromatic rings. The third-order valence-electron chi connectivity index (χ3n) is 2.48. The zero-order valence-electron chi connectivity index (χ0n) is 8.94. The summed E-state index contributed by atoms with van der Waals surface area (Å²) < 4.78 is 21.4. The summed E-state index contributed by atoms with van der Waals surface area (Å²) in [7, 11) is -3.40. The highest BCUT2D eigenvalue weighted by molar-refractivity contribution is 7.92. The summed E-state index contributed by atoms with van der Waals surface area (Å²) in [5.41, 5.74) is 0. The lowest BCUT2D eigenvalue weighted by Gasteiger charge is -2.20. The van der Waals surface area contributed by atoms with Gasteiger partial charge in [-0.2, -0.15) is 0 Å². The van der Waals surface area contributed by atoms with Gasteiger partial charge in [-0.3, -0.25) is 4.79 Å². The first-order valence-electron chi connectivity index (χ1n) is 4.46. The van der Waals surface area contributed by atoms with Gasteiger partial charge in [0, 0.05) is 18.6 Å². The van der Waals surface area contributed by atoms with Gasteiger partial charge in [0.15, 0.2) is 15.6 Å². The number of hydrogen-bond donors (Lipinski definition) is 1. The van der Waals surface area contributed by atoms with Crippen LogP contribution in [0, 0.1) is 0 Å². The van der Waals surface area contributed by atoms with E-state index >= 15 is 0 Å². The van der Waals surface area contributed by atoms with Crippen molar-refractivity contribution in [2.45, 2.75) is 25.0 Å². The van der Waals surface area contributed by atoms with Crippen LogP contribution < -0.4 is 0 Å². The summed E-state index contributed by atoms with van der Waals surface area (Å²) >= 11 is 0. The van der Waals surface area contributed by atoms with Crippen molar-refractivity contribution in [2.75, 3.05) is 6.26 Å². The fourth-order valence-electron chi connectivity index (χ4n) is 0.966. The van der Waals surface area contributed by atoms with Gasteiger partial charge in [0.25, 0.3) is 0 Å². The van der Waals surface area contributed by atoms with Crippen LogP contribution in [0.4, 0.5) is 0 Å². The van der Waals surface area contributed by atoms with E-state index in [9.17, 15) is 13.2 Å². The molecule has 0 aliphatic rings. The highest BCUT2D eigenvalue weighted by Gasteiger charge is 2.38. The molecule has 6 heteroatoms. The first kappa shape index (κ1) is 11.9. The molecule has 1 aromatic heterocycles. The molecule has 0 saturated carbocycles. The van der Waals surface area contributed by atoms with E-state index in [1.807, 2.05) is 0 Å². The van der Waals surface area contributed by atoms with Crippen LogP contribution in [0.2, 0.25) is 0 Å². The van der Waals surface area contributed by atoms with Gasteiger partial charge in [-0.25, -0.2) is 13.4 Å². The molecule has 15 heavy (non-hydrogen) atoms. The van der Waals surface area contributed by atoms with Gasteiger partial charge in [-0.1, -0.05) is 0 Å². The number of H-pyrrole nitrogens is 1. The Kier molecular flexibility index (Phi) is 2.99. The van der Waals surface area contributed by atoms with E-state index in [-0.39, 0.29) is 12.2 Å². The minimum absolute atomic E-state index is 0.00701. The van der Waals surface area contributed by atoms with Crippen molar-refractivity contribution in [3.63, 3.8) is 0 Å². The zero-order chi connectivity index (χ0) is 11.7. The first-order chi connectivity index (χ1) is 6.75. The lowest BCUT2D eigenvalue weighted by Crippen LogP contribution is -2.41. The van der Waals surface area contributed by atoms with Crippen molar-refractivity contribution in [2.24, 2.45) is 0 Å². The Balaban J connectivity index is 2.87. The highest BCUT2D eigenvalue weighted by atomic mass is 32.2. The van der Waals surface area contributed by atoms with E-state index in [0.29, 0.717) is 5.82 Å². The van der Waals surface area contributed by atoms with E-state index in [4.69, 9.17) is 0 Å². The van der Waals surface area contributed by atoms with Crippen LogP contribution in [0.3, 0.4) is 0 Å². The maximum Gasteiger partial charge on any atom is 0.160 e. The summed E-state index contributed by atoms with van der Waals surface area (Å²) in [5, 5.41) is 0. The van der Waals surface area contributed by atoms with Crippen LogP contribution in [0.1, 0.15) is 19.7 Å². The molecule has 0 spiro atoms. The molecule has 0 aromatic carbocycles. The van der Waals surface area contributed by atoms with E-state index < -0.39 is 14.6 Å². The molecule has 1 N–H and O–H groups in total. The van der Waals surface area contributed by atoms with Gasteiger partial charge in [0.05, 0.1) is 6.42 Å². The van der Waals surface area contributed by atoms with Gasteiger partial charge in [-0.05, 0) is 13.8 Å². The summed E-state index contributed by atoms with van der Waals surface area (Å²) in [6.45, 7) is 2.82. The van der Waals surface area contributed by atoms with Crippen molar-refractivity contribution in [3.05, 3.63) is 18.2 Å². The molecule has 0 radical (unpaired) electrons. The van der Waals surface area contributed by atoms with Gasteiger partial charge in [-0.15, -0.1) is 0 Å². The van der Waals surface area contributed by atoms with Crippen LogP contribution in [-0.4, -0.2) is 35.2 Å². The molecule has 0 saturated heterocycles. The monoisotopic (exact) mass is 230 g/mol. The molecule has 0 amide bonds. The molecule has 0 atom stereocenters. The third-order valence-corrected chi connectivity index (χ3v) is 4.56. The van der Waals surface area contributed by atoms with Crippen LogP contribution in [0.5, 0.6) is 0 Å². The number of sulfone groups is 1. The van der Waals surface area contributed by atoms with Crippen LogP contribution in [0.25, 0.3) is 0 Å². The Labute approximate surface area is 88.8 Å². The number of aromatic amines is 1. The predicted molar refractivity (Wildman–Crippen MR) is 56.2 cm³/mol. The Hall–Kier alpha value is -1.17. The first-order valence-corrected chi connectivity index (χ1v) is 6.35. The SMILES string of the molecule is CC(C)(C(=O)Cc1ncc[nH]1)S(C)(=O)=O. The summed E-state index contributed by atoms with van der Waals surface area (Å²) in [6.07, 6.45) is 4.19. The highest BCUT2D eigenvalue weighted by Crippen LogP contribution is 2.17. The number of nitrogens with zero attached hydrogens (tertiary/aromatic N) is 1. The largest absolute Gasteiger partial charge is 0.348 e. The summed E-state index contributed by atoms with van der Waals surface area (Å²) in [5.74, 6) is 0.122. The molecule has 84 valence electrons. The number of nitrogens with one attached hydrogen (secondary N) is 1. The van der Waals surface area contributed by atoms with Gasteiger partial charge < -0.3 is 4.98 Å². The molecular weight excluding hydrogens is 216 g/mol. The average Bonchev–Trinajstić information content (AvgIpc) is 2.54. The molecule has 1 heterocycles. The average molecular weight is 230 g/mol. The number of aromatic nitrogens is 2. The van der Waals surface area contributed by atoms with Crippen LogP contribution in [-0.2, 0) is 21.1 Å². The smallest absolute Gasteiger partial charge is 0.160 e. The lowest BCUT2D eigenvalue weighted by atomic mass is 10.1. The second-order valence-electron chi connectivity index (χ2n) is 3.92. The number of carbonyl (C=O) groups is 1. The second kappa shape index (κ2) is 3.77. The molecule has 5 nitrogen and oxygen atoms in total. The molecule has 0 aliphatic heterocycles. The summed E-state index contributed by atoms with van der Waals surface area (Å²) in [4.78, 5) is 18.4. The number of hydrogen-bond acceptors (Lipinski definition) is 4. The number of ketones is 1. The molecule has 0 aliphatic carbocycles. The minimum Gasteiger partial charge on any atom is -0.348 e. The normalized spacial score (nSPS) is 12.7. The Bertz CT molecular complexity index is 446. The van der Waals surface area contributed by atoms with Gasteiger partial charge >= 0.3 is 0 Å². The number of carbonyl (C=O) groups excluding carboxylic acids is 1. The van der Waals surface area contributed by atoms with Gasteiger partial charge in [0.2, 0.25) is 0 Å². The number of Topliss-reactive ketones (excluding diaryl/α,β-unsaturated/α-hetero) is 1. The predicted octanol–water partition coefficient (Wildman–Crippen LogP) is 0.345. The van der Waals surface area contributed by atoms with Gasteiger partial charge in [0.1, 0.15) is 10.6 Å².